The minimum absolute atomic E-state index is 0.0555. The van der Waals surface area contributed by atoms with Crippen LogP contribution in [0.1, 0.15) is 72.1 Å². The summed E-state index contributed by atoms with van der Waals surface area (Å²) in [7, 11) is 0. The molecule has 4 rings (SSSR count). The van der Waals surface area contributed by atoms with Crippen LogP contribution in [-0.2, 0) is 19.1 Å². The molecule has 0 radical (unpaired) electrons. The summed E-state index contributed by atoms with van der Waals surface area (Å²) in [6.07, 6.45) is 4.81. The molecule has 0 spiro atoms. The van der Waals surface area contributed by atoms with Crippen LogP contribution in [-0.4, -0.2) is 46.1 Å². The van der Waals surface area contributed by atoms with Crippen molar-refractivity contribution in [1.29, 1.82) is 0 Å². The van der Waals surface area contributed by atoms with Gasteiger partial charge in [-0.25, -0.2) is 0 Å². The lowest BCUT2D eigenvalue weighted by Crippen LogP contribution is -2.63. The normalized spacial score (nSPS) is 49.0. The average molecular weight is 407 g/mol. The summed E-state index contributed by atoms with van der Waals surface area (Å²) >= 11 is 0. The number of carbonyl (C=O) groups excluding carboxylic acids is 3. The van der Waals surface area contributed by atoms with Gasteiger partial charge in [-0.2, -0.15) is 0 Å². The Bertz CT molecular complexity index is 733. The fourth-order valence-electron chi connectivity index (χ4n) is 7.92. The van der Waals surface area contributed by atoms with E-state index in [1.165, 1.54) is 6.92 Å². The summed E-state index contributed by atoms with van der Waals surface area (Å²) in [5.74, 6) is 0.182. The first-order valence-corrected chi connectivity index (χ1v) is 11.1. The van der Waals surface area contributed by atoms with Gasteiger partial charge in [-0.15, -0.1) is 0 Å². The lowest BCUT2D eigenvalue weighted by atomic mass is 9.43. The second kappa shape index (κ2) is 6.88. The van der Waals surface area contributed by atoms with E-state index in [1.54, 1.807) is 0 Å². The molecular weight excluding hydrogens is 372 g/mol. The second-order valence-corrected chi connectivity index (χ2v) is 10.6. The van der Waals surface area contributed by atoms with Crippen LogP contribution in [0.5, 0.6) is 0 Å². The molecular formula is C23H34O6. The van der Waals surface area contributed by atoms with Crippen LogP contribution in [0.25, 0.3) is 0 Å². The Balaban J connectivity index is 1.63. The van der Waals surface area contributed by atoms with Crippen molar-refractivity contribution >= 4 is 17.5 Å². The van der Waals surface area contributed by atoms with E-state index in [0.29, 0.717) is 37.4 Å². The van der Waals surface area contributed by atoms with E-state index in [2.05, 4.69) is 6.92 Å². The van der Waals surface area contributed by atoms with Gasteiger partial charge in [-0.1, -0.05) is 13.8 Å². The number of ether oxygens (including phenoxy) is 1. The Kier molecular flexibility index (Phi) is 4.97. The van der Waals surface area contributed by atoms with Crippen molar-refractivity contribution in [2.45, 2.75) is 83.8 Å². The predicted octanol–water partition coefficient (Wildman–Crippen LogP) is 2.43. The summed E-state index contributed by atoms with van der Waals surface area (Å²) in [6, 6.07) is 0. The molecule has 4 aliphatic carbocycles. The quantitative estimate of drug-likeness (QED) is 0.698. The van der Waals surface area contributed by atoms with Gasteiger partial charge < -0.3 is 14.9 Å². The van der Waals surface area contributed by atoms with Crippen molar-refractivity contribution in [2.24, 2.45) is 34.5 Å². The van der Waals surface area contributed by atoms with Crippen molar-refractivity contribution in [2.75, 3.05) is 6.61 Å². The highest BCUT2D eigenvalue weighted by Crippen LogP contribution is 2.68. The molecule has 0 amide bonds. The number of Topliss-reactive ketones (excluding diaryl/α,β-unsaturated/α-hetero) is 2. The monoisotopic (exact) mass is 406 g/mol. The third-order valence-corrected chi connectivity index (χ3v) is 9.43. The molecule has 8 atom stereocenters. The van der Waals surface area contributed by atoms with Gasteiger partial charge in [0.1, 0.15) is 11.4 Å². The Hall–Kier alpha value is -1.27. The molecule has 0 aromatic rings. The fraction of sp³-hybridized carbons (Fsp3) is 0.870. The van der Waals surface area contributed by atoms with Crippen LogP contribution in [0.4, 0.5) is 0 Å². The van der Waals surface area contributed by atoms with Crippen LogP contribution in [0.3, 0.4) is 0 Å². The zero-order valence-electron chi connectivity index (χ0n) is 17.8. The first-order valence-electron chi connectivity index (χ1n) is 11.1. The smallest absolute Gasteiger partial charge is 0.303 e. The number of hydrogen-bond acceptors (Lipinski definition) is 6. The minimum atomic E-state index is -1.57. The van der Waals surface area contributed by atoms with Crippen molar-refractivity contribution in [3.05, 3.63) is 0 Å². The fourth-order valence-corrected chi connectivity index (χ4v) is 7.92. The van der Waals surface area contributed by atoms with Crippen LogP contribution >= 0.6 is 0 Å². The average Bonchev–Trinajstić information content (AvgIpc) is 2.91. The van der Waals surface area contributed by atoms with Crippen LogP contribution < -0.4 is 0 Å². The van der Waals surface area contributed by atoms with E-state index in [-0.39, 0.29) is 23.2 Å². The summed E-state index contributed by atoms with van der Waals surface area (Å²) in [5.41, 5.74) is -2.35. The van der Waals surface area contributed by atoms with E-state index < -0.39 is 35.5 Å². The highest BCUT2D eigenvalue weighted by atomic mass is 16.5. The molecule has 0 aromatic carbocycles. The predicted molar refractivity (Wildman–Crippen MR) is 105 cm³/mol. The summed E-state index contributed by atoms with van der Waals surface area (Å²) in [5, 5.41) is 22.8. The van der Waals surface area contributed by atoms with E-state index >= 15 is 0 Å². The molecule has 0 saturated heterocycles. The molecule has 0 aromatic heterocycles. The maximum absolute atomic E-state index is 12.9. The third kappa shape index (κ3) is 2.93. The molecule has 4 aliphatic rings. The molecule has 0 heterocycles. The molecule has 29 heavy (non-hydrogen) atoms. The standard InChI is InChI=1S/C23H34O6/c1-13(24)29-12-19(27)23(28)9-7-17-16-5-4-14-10-15(25)6-8-21(14,2)20(16)18(26)11-22(17,23)3/h14,16-18,20,26,28H,4-12H2,1-3H3/t14-,16+,17+,18+,20-,21-,22+,23+/m0/s1. The Morgan fingerprint density at radius 2 is 1.90 bits per heavy atom. The lowest BCUT2D eigenvalue weighted by molar-refractivity contribution is -0.199. The number of aliphatic hydroxyl groups excluding tert-OH is 1. The van der Waals surface area contributed by atoms with Crippen molar-refractivity contribution in [3.8, 4) is 0 Å². The van der Waals surface area contributed by atoms with Gasteiger partial charge in [0.05, 0.1) is 6.10 Å². The molecule has 0 aliphatic heterocycles. The van der Waals surface area contributed by atoms with Crippen LogP contribution in [0, 0.1) is 34.5 Å². The topological polar surface area (TPSA) is 101 Å². The highest BCUT2D eigenvalue weighted by Gasteiger charge is 2.68. The van der Waals surface area contributed by atoms with Crippen molar-refractivity contribution in [3.63, 3.8) is 0 Å². The van der Waals surface area contributed by atoms with Crippen LogP contribution in [0.2, 0.25) is 0 Å². The number of hydrogen-bond donors (Lipinski definition) is 2. The number of fused-ring (bicyclic) bond motifs is 5. The lowest BCUT2D eigenvalue weighted by Gasteiger charge is -2.62. The number of ketones is 2. The molecule has 4 saturated carbocycles. The molecule has 6 nitrogen and oxygen atoms in total. The summed E-state index contributed by atoms with van der Waals surface area (Å²) < 4.78 is 4.89. The van der Waals surface area contributed by atoms with Gasteiger partial charge >= 0.3 is 5.97 Å². The number of carbonyl (C=O) groups is 3. The number of aliphatic hydroxyl groups is 2. The summed E-state index contributed by atoms with van der Waals surface area (Å²) in [6.45, 7) is 5.02. The van der Waals surface area contributed by atoms with Gasteiger partial charge in [0.2, 0.25) is 5.78 Å². The molecule has 4 fully saturated rings. The minimum Gasteiger partial charge on any atom is -0.458 e. The van der Waals surface area contributed by atoms with E-state index in [4.69, 9.17) is 4.74 Å². The highest BCUT2D eigenvalue weighted by molar-refractivity contribution is 5.91. The van der Waals surface area contributed by atoms with E-state index in [9.17, 15) is 24.6 Å². The van der Waals surface area contributed by atoms with Gasteiger partial charge in [-0.3, -0.25) is 14.4 Å². The van der Waals surface area contributed by atoms with Crippen molar-refractivity contribution < 1.29 is 29.3 Å². The molecule has 162 valence electrons. The van der Waals surface area contributed by atoms with Gasteiger partial charge in [-0.05, 0) is 67.6 Å². The van der Waals surface area contributed by atoms with E-state index in [0.717, 1.165) is 25.7 Å². The molecule has 6 heteroatoms. The number of esters is 1. The Morgan fingerprint density at radius 1 is 1.17 bits per heavy atom. The van der Waals surface area contributed by atoms with Crippen LogP contribution in [0.15, 0.2) is 0 Å². The zero-order chi connectivity index (χ0) is 21.2. The van der Waals surface area contributed by atoms with Crippen molar-refractivity contribution in [1.82, 2.24) is 0 Å². The SMILES string of the molecule is CC(=O)OCC(=O)[C@]1(O)CC[C@@H]2[C@H]3CC[C@H]4CC(=O)CC[C@]4(C)[C@@H]3[C@H](O)C[C@]21C. The van der Waals surface area contributed by atoms with Gasteiger partial charge in [0.15, 0.2) is 6.61 Å². The summed E-state index contributed by atoms with van der Waals surface area (Å²) in [4.78, 5) is 36.1. The Labute approximate surface area is 172 Å². The van der Waals surface area contributed by atoms with Gasteiger partial charge in [0.25, 0.3) is 0 Å². The molecule has 0 unspecified atom stereocenters. The largest absolute Gasteiger partial charge is 0.458 e. The first kappa shape index (κ1) is 21.0. The maximum atomic E-state index is 12.9. The third-order valence-electron chi connectivity index (χ3n) is 9.43. The first-order chi connectivity index (χ1) is 13.5. The maximum Gasteiger partial charge on any atom is 0.303 e. The Morgan fingerprint density at radius 3 is 2.59 bits per heavy atom. The molecule has 0 bridgehead atoms. The second-order valence-electron chi connectivity index (χ2n) is 10.6. The van der Waals surface area contributed by atoms with Gasteiger partial charge in [0, 0.05) is 25.2 Å². The number of rotatable bonds is 3. The zero-order valence-corrected chi connectivity index (χ0v) is 17.8. The van der Waals surface area contributed by atoms with E-state index in [1.807, 2.05) is 6.92 Å². The molecule has 2 N–H and O–H groups in total.